The molecule has 2 aliphatic heterocycles. The van der Waals surface area contributed by atoms with Crippen LogP contribution in [0, 0.1) is 10.1 Å². The number of hydrogen-bond donors (Lipinski definition) is 0. The van der Waals surface area contributed by atoms with Gasteiger partial charge in [-0.15, -0.1) is 0 Å². The van der Waals surface area contributed by atoms with Gasteiger partial charge in [-0.25, -0.2) is 0 Å². The topological polar surface area (TPSA) is 55.6 Å². The molecule has 5 heteroatoms. The molecule has 1 unspecified atom stereocenters. The van der Waals surface area contributed by atoms with E-state index in [4.69, 9.17) is 4.74 Å². The lowest BCUT2D eigenvalue weighted by atomic mass is 9.77. The van der Waals surface area contributed by atoms with E-state index in [1.165, 1.54) is 23.4 Å². The maximum absolute atomic E-state index is 10.8. The van der Waals surface area contributed by atoms with Gasteiger partial charge in [0.1, 0.15) is 0 Å². The Morgan fingerprint density at radius 1 is 1.16 bits per heavy atom. The lowest BCUT2D eigenvalue weighted by Gasteiger charge is -2.39. The maximum atomic E-state index is 10.8. The minimum absolute atomic E-state index is 0.0997. The molecule has 2 aromatic rings. The summed E-state index contributed by atoms with van der Waals surface area (Å²) in [6.45, 7) is 5.95. The van der Waals surface area contributed by atoms with Crippen LogP contribution < -0.4 is 4.90 Å². The summed E-state index contributed by atoms with van der Waals surface area (Å²) in [7, 11) is 0. The van der Waals surface area contributed by atoms with Gasteiger partial charge in [-0.3, -0.25) is 10.1 Å². The van der Waals surface area contributed by atoms with Gasteiger partial charge in [0.2, 0.25) is 0 Å². The van der Waals surface area contributed by atoms with Crippen LogP contribution in [-0.4, -0.2) is 23.8 Å². The summed E-state index contributed by atoms with van der Waals surface area (Å²) in [4.78, 5) is 12.7. The Hall–Kier alpha value is -2.66. The number of nitro groups is 1. The van der Waals surface area contributed by atoms with Gasteiger partial charge >= 0.3 is 0 Å². The molecule has 0 amide bonds. The zero-order chi connectivity index (χ0) is 17.7. The van der Waals surface area contributed by atoms with Crippen LogP contribution in [0.5, 0.6) is 0 Å². The zero-order valence-electron chi connectivity index (χ0n) is 14.3. The maximum Gasteiger partial charge on any atom is 0.269 e. The lowest BCUT2D eigenvalue weighted by Crippen LogP contribution is -2.51. The van der Waals surface area contributed by atoms with Gasteiger partial charge in [0.25, 0.3) is 5.69 Å². The fraction of sp³-hybridized carbons (Fsp3) is 0.300. The van der Waals surface area contributed by atoms with Crippen LogP contribution in [-0.2, 0) is 10.2 Å². The summed E-state index contributed by atoms with van der Waals surface area (Å²) >= 11 is 0. The van der Waals surface area contributed by atoms with Crippen molar-refractivity contribution in [1.82, 2.24) is 0 Å². The van der Waals surface area contributed by atoms with Gasteiger partial charge in [0, 0.05) is 29.8 Å². The van der Waals surface area contributed by atoms with Crippen LogP contribution in [0.2, 0.25) is 0 Å². The highest BCUT2D eigenvalue weighted by molar-refractivity contribution is 5.69. The smallest absolute Gasteiger partial charge is 0.269 e. The Balaban J connectivity index is 1.72. The number of non-ortho nitro benzene ring substituents is 1. The molecule has 0 saturated carbocycles. The number of hydrogen-bond acceptors (Lipinski definition) is 4. The van der Waals surface area contributed by atoms with E-state index < -0.39 is 5.72 Å². The molecular formula is C20H20N2O3. The van der Waals surface area contributed by atoms with E-state index in [0.717, 1.165) is 12.1 Å². The summed E-state index contributed by atoms with van der Waals surface area (Å²) < 4.78 is 6.28. The number of nitro benzene ring substituents is 1. The van der Waals surface area contributed by atoms with Crippen molar-refractivity contribution in [2.24, 2.45) is 0 Å². The monoisotopic (exact) mass is 336 g/mol. The lowest BCUT2D eigenvalue weighted by molar-refractivity contribution is -0.384. The minimum Gasteiger partial charge on any atom is -0.349 e. The summed E-state index contributed by atoms with van der Waals surface area (Å²) in [5, 5.41) is 10.8. The third-order valence-electron chi connectivity index (χ3n) is 5.41. The van der Waals surface area contributed by atoms with Crippen LogP contribution >= 0.6 is 0 Å². The molecule has 1 fully saturated rings. The van der Waals surface area contributed by atoms with Gasteiger partial charge in [0.05, 0.1) is 11.5 Å². The SMILES string of the molecule is CC1(C)c2ccccc2N2CCOC21/C=C/c1ccc([N+](=O)[O-])cc1. The molecular weight excluding hydrogens is 316 g/mol. The number of ether oxygens (including phenoxy) is 1. The molecule has 2 aliphatic rings. The number of rotatable bonds is 3. The molecule has 2 heterocycles. The van der Waals surface area contributed by atoms with Crippen molar-refractivity contribution in [2.45, 2.75) is 25.0 Å². The second-order valence-corrected chi connectivity index (χ2v) is 7.02. The average molecular weight is 336 g/mol. The molecule has 0 bridgehead atoms. The van der Waals surface area contributed by atoms with Crippen LogP contribution in [0.15, 0.2) is 54.6 Å². The number of anilines is 1. The highest BCUT2D eigenvalue weighted by Gasteiger charge is 2.58. The predicted molar refractivity (Wildman–Crippen MR) is 97.6 cm³/mol. The molecule has 0 aromatic heterocycles. The second-order valence-electron chi connectivity index (χ2n) is 7.02. The molecule has 4 rings (SSSR count). The molecule has 1 saturated heterocycles. The van der Waals surface area contributed by atoms with Crippen molar-refractivity contribution in [3.8, 4) is 0 Å². The van der Waals surface area contributed by atoms with Crippen molar-refractivity contribution >= 4 is 17.5 Å². The standard InChI is InChI=1S/C20H20N2O3/c1-19(2)17-5-3-4-6-18(17)21-13-14-25-20(19,21)12-11-15-7-9-16(10-8-15)22(23)24/h3-12H,13-14H2,1-2H3/b12-11+. The number of para-hydroxylation sites is 1. The van der Waals surface area contributed by atoms with E-state index in [1.54, 1.807) is 12.1 Å². The highest BCUT2D eigenvalue weighted by atomic mass is 16.6. The first-order valence-corrected chi connectivity index (χ1v) is 8.40. The fourth-order valence-electron chi connectivity index (χ4n) is 4.05. The first-order valence-electron chi connectivity index (χ1n) is 8.40. The van der Waals surface area contributed by atoms with E-state index in [2.05, 4.69) is 49.1 Å². The van der Waals surface area contributed by atoms with Crippen molar-refractivity contribution in [3.05, 3.63) is 75.8 Å². The van der Waals surface area contributed by atoms with Crippen molar-refractivity contribution in [1.29, 1.82) is 0 Å². The molecule has 0 N–H and O–H groups in total. The molecule has 0 spiro atoms. The number of nitrogens with zero attached hydrogens (tertiary/aromatic N) is 2. The normalized spacial score (nSPS) is 23.7. The molecule has 25 heavy (non-hydrogen) atoms. The van der Waals surface area contributed by atoms with E-state index >= 15 is 0 Å². The summed E-state index contributed by atoms with van der Waals surface area (Å²) in [6, 6.07) is 15.0. The summed E-state index contributed by atoms with van der Waals surface area (Å²) in [5.41, 5.74) is 2.79. The molecule has 0 aliphatic carbocycles. The van der Waals surface area contributed by atoms with Crippen LogP contribution in [0.1, 0.15) is 25.0 Å². The first-order chi connectivity index (χ1) is 12.0. The van der Waals surface area contributed by atoms with E-state index in [-0.39, 0.29) is 16.0 Å². The van der Waals surface area contributed by atoms with E-state index in [1.807, 2.05) is 6.08 Å². The van der Waals surface area contributed by atoms with Crippen LogP contribution in [0.4, 0.5) is 11.4 Å². The van der Waals surface area contributed by atoms with Crippen LogP contribution in [0.3, 0.4) is 0 Å². The quantitative estimate of drug-likeness (QED) is 0.624. The summed E-state index contributed by atoms with van der Waals surface area (Å²) in [5.74, 6) is 0. The van der Waals surface area contributed by atoms with Crippen molar-refractivity contribution < 1.29 is 9.66 Å². The Morgan fingerprint density at radius 2 is 1.88 bits per heavy atom. The van der Waals surface area contributed by atoms with Gasteiger partial charge < -0.3 is 9.64 Å². The molecule has 2 aromatic carbocycles. The van der Waals surface area contributed by atoms with Crippen LogP contribution in [0.25, 0.3) is 6.08 Å². The first kappa shape index (κ1) is 15.8. The third-order valence-corrected chi connectivity index (χ3v) is 5.41. The molecule has 1 atom stereocenters. The largest absolute Gasteiger partial charge is 0.349 e. The zero-order valence-corrected chi connectivity index (χ0v) is 14.3. The van der Waals surface area contributed by atoms with Gasteiger partial charge in [-0.05, 0) is 35.4 Å². The van der Waals surface area contributed by atoms with Crippen molar-refractivity contribution in [2.75, 3.05) is 18.1 Å². The van der Waals surface area contributed by atoms with E-state index in [9.17, 15) is 10.1 Å². The predicted octanol–water partition coefficient (Wildman–Crippen LogP) is 4.13. The number of benzene rings is 2. The summed E-state index contributed by atoms with van der Waals surface area (Å²) in [6.07, 6.45) is 4.09. The fourth-order valence-corrected chi connectivity index (χ4v) is 4.05. The Bertz CT molecular complexity index is 857. The Morgan fingerprint density at radius 3 is 2.60 bits per heavy atom. The minimum atomic E-state index is -0.529. The van der Waals surface area contributed by atoms with E-state index in [0.29, 0.717) is 6.61 Å². The number of fused-ring (bicyclic) bond motifs is 3. The molecule has 5 nitrogen and oxygen atoms in total. The molecule has 128 valence electrons. The van der Waals surface area contributed by atoms with Gasteiger partial charge in [0.15, 0.2) is 5.72 Å². The second kappa shape index (κ2) is 5.43. The molecule has 0 radical (unpaired) electrons. The Kier molecular flexibility index (Phi) is 3.44. The van der Waals surface area contributed by atoms with Gasteiger partial charge in [-0.2, -0.15) is 0 Å². The third kappa shape index (κ3) is 2.19. The highest BCUT2D eigenvalue weighted by Crippen LogP contribution is 2.54. The Labute approximate surface area is 146 Å². The average Bonchev–Trinajstić information content (AvgIpc) is 3.12. The van der Waals surface area contributed by atoms with Gasteiger partial charge in [-0.1, -0.05) is 38.1 Å². The van der Waals surface area contributed by atoms with Crippen molar-refractivity contribution in [3.63, 3.8) is 0 Å².